The summed E-state index contributed by atoms with van der Waals surface area (Å²) in [6.07, 6.45) is 1.19. The van der Waals surface area contributed by atoms with E-state index in [4.69, 9.17) is 0 Å². The van der Waals surface area contributed by atoms with Crippen LogP contribution in [0.5, 0.6) is 0 Å². The van der Waals surface area contributed by atoms with Gasteiger partial charge in [0.1, 0.15) is 0 Å². The minimum Gasteiger partial charge on any atom is -0.468 e. The van der Waals surface area contributed by atoms with E-state index in [2.05, 4.69) is 10.1 Å². The molecule has 0 bridgehead atoms. The minimum atomic E-state index is -0.520. The monoisotopic (exact) mass is 285 g/mol. The summed E-state index contributed by atoms with van der Waals surface area (Å²) >= 11 is 0. The van der Waals surface area contributed by atoms with Crippen molar-refractivity contribution in [3.8, 4) is 0 Å². The lowest BCUT2D eigenvalue weighted by Gasteiger charge is -2.16. The van der Waals surface area contributed by atoms with Crippen LogP contribution in [0, 0.1) is 0 Å². The van der Waals surface area contributed by atoms with E-state index in [0.29, 0.717) is 13.0 Å². The lowest BCUT2D eigenvalue weighted by Crippen LogP contribution is -2.44. The molecule has 1 rings (SSSR count). The third-order valence-electron chi connectivity index (χ3n) is 2.82. The fraction of sp³-hybridized carbons (Fsp3) is 0.667. The van der Waals surface area contributed by atoms with E-state index in [0.717, 1.165) is 6.42 Å². The van der Waals surface area contributed by atoms with Crippen LogP contribution in [-0.4, -0.2) is 73.8 Å². The van der Waals surface area contributed by atoms with E-state index in [9.17, 15) is 19.2 Å². The fourth-order valence-corrected chi connectivity index (χ4v) is 1.87. The van der Waals surface area contributed by atoms with E-state index >= 15 is 0 Å². The van der Waals surface area contributed by atoms with Crippen molar-refractivity contribution in [3.05, 3.63) is 0 Å². The molecule has 0 spiro atoms. The van der Waals surface area contributed by atoms with Crippen molar-refractivity contribution in [3.63, 3.8) is 0 Å². The van der Waals surface area contributed by atoms with E-state index in [1.165, 1.54) is 16.9 Å². The molecule has 112 valence electrons. The van der Waals surface area contributed by atoms with Gasteiger partial charge >= 0.3 is 5.97 Å². The van der Waals surface area contributed by atoms with E-state index < -0.39 is 17.8 Å². The highest BCUT2D eigenvalue weighted by Crippen LogP contribution is 2.08. The van der Waals surface area contributed by atoms with Crippen molar-refractivity contribution >= 4 is 23.7 Å². The summed E-state index contributed by atoms with van der Waals surface area (Å²) in [7, 11) is 2.82. The zero-order valence-electron chi connectivity index (χ0n) is 11.7. The standard InChI is InChI=1S/C12H19N3O5/c1-14(8-12(19)20-2)6-9(16)13-10(17)7-15-5-3-4-11(15)18/h3-8H2,1-2H3,(H,13,16,17). The lowest BCUT2D eigenvalue weighted by atomic mass is 10.4. The van der Waals surface area contributed by atoms with Gasteiger partial charge in [0.25, 0.3) is 0 Å². The molecule has 0 aromatic rings. The molecule has 0 atom stereocenters. The highest BCUT2D eigenvalue weighted by molar-refractivity contribution is 5.98. The molecule has 0 unspecified atom stereocenters. The minimum absolute atomic E-state index is 0.0390. The Hall–Kier alpha value is -1.96. The molecular weight excluding hydrogens is 266 g/mol. The normalized spacial score (nSPS) is 14.6. The Morgan fingerprint density at radius 3 is 2.55 bits per heavy atom. The molecule has 0 aliphatic carbocycles. The van der Waals surface area contributed by atoms with Crippen LogP contribution in [0.4, 0.5) is 0 Å². The molecule has 1 heterocycles. The molecule has 0 aromatic carbocycles. The zero-order valence-corrected chi connectivity index (χ0v) is 11.7. The molecule has 1 aliphatic heterocycles. The number of methoxy groups -OCH3 is 1. The summed E-state index contributed by atoms with van der Waals surface area (Å²) in [5, 5.41) is 2.18. The van der Waals surface area contributed by atoms with Crippen LogP contribution < -0.4 is 5.32 Å². The number of ether oxygens (including phenoxy) is 1. The van der Waals surface area contributed by atoms with Crippen molar-refractivity contribution in [1.29, 1.82) is 0 Å². The number of imide groups is 1. The van der Waals surface area contributed by atoms with Crippen LogP contribution in [-0.2, 0) is 23.9 Å². The molecular formula is C12H19N3O5. The number of nitrogens with one attached hydrogen (secondary N) is 1. The predicted octanol–water partition coefficient (Wildman–Crippen LogP) is -1.64. The number of rotatable bonds is 6. The number of hydrogen-bond donors (Lipinski definition) is 1. The Morgan fingerprint density at radius 2 is 2.00 bits per heavy atom. The number of nitrogens with zero attached hydrogens (tertiary/aromatic N) is 2. The summed E-state index contributed by atoms with van der Waals surface area (Å²) < 4.78 is 4.46. The largest absolute Gasteiger partial charge is 0.468 e. The van der Waals surface area contributed by atoms with Crippen molar-refractivity contribution in [2.24, 2.45) is 0 Å². The highest BCUT2D eigenvalue weighted by atomic mass is 16.5. The molecule has 1 fully saturated rings. The van der Waals surface area contributed by atoms with Crippen LogP contribution >= 0.6 is 0 Å². The van der Waals surface area contributed by atoms with Gasteiger partial charge in [-0.25, -0.2) is 0 Å². The van der Waals surface area contributed by atoms with Crippen molar-refractivity contribution < 1.29 is 23.9 Å². The van der Waals surface area contributed by atoms with E-state index in [1.54, 1.807) is 7.05 Å². The van der Waals surface area contributed by atoms with E-state index in [1.807, 2.05) is 0 Å². The van der Waals surface area contributed by atoms with Crippen molar-refractivity contribution in [2.45, 2.75) is 12.8 Å². The Morgan fingerprint density at radius 1 is 1.30 bits per heavy atom. The Bertz CT molecular complexity index is 410. The molecule has 8 heteroatoms. The van der Waals surface area contributed by atoms with Crippen molar-refractivity contribution in [2.75, 3.05) is 40.3 Å². The Labute approximate surface area is 117 Å². The van der Waals surface area contributed by atoms with Gasteiger partial charge < -0.3 is 9.64 Å². The first-order valence-electron chi connectivity index (χ1n) is 6.28. The van der Waals surface area contributed by atoms with Crippen LogP contribution in [0.2, 0.25) is 0 Å². The summed E-state index contributed by atoms with van der Waals surface area (Å²) in [6.45, 7) is 0.297. The highest BCUT2D eigenvalue weighted by Gasteiger charge is 2.23. The first-order chi connectivity index (χ1) is 9.42. The van der Waals surface area contributed by atoms with Gasteiger partial charge in [0.15, 0.2) is 0 Å². The molecule has 3 amide bonds. The van der Waals surface area contributed by atoms with Crippen LogP contribution in [0.15, 0.2) is 0 Å². The van der Waals surface area contributed by atoms with Crippen molar-refractivity contribution in [1.82, 2.24) is 15.1 Å². The molecule has 1 aliphatic rings. The van der Waals surface area contributed by atoms with Crippen LogP contribution in [0.3, 0.4) is 0 Å². The van der Waals surface area contributed by atoms with Gasteiger partial charge in [-0.05, 0) is 13.5 Å². The third-order valence-corrected chi connectivity index (χ3v) is 2.82. The van der Waals surface area contributed by atoms with Crippen LogP contribution in [0.1, 0.15) is 12.8 Å². The molecule has 0 radical (unpaired) electrons. The van der Waals surface area contributed by atoms with Gasteiger partial charge in [0.05, 0.1) is 26.7 Å². The Kier molecular flexibility index (Phi) is 6.10. The van der Waals surface area contributed by atoms with Gasteiger partial charge in [-0.3, -0.25) is 29.4 Å². The molecule has 20 heavy (non-hydrogen) atoms. The SMILES string of the molecule is COC(=O)CN(C)CC(=O)NC(=O)CN1CCCC1=O. The van der Waals surface area contributed by atoms with Gasteiger partial charge in [-0.15, -0.1) is 0 Å². The first-order valence-corrected chi connectivity index (χ1v) is 6.28. The number of esters is 1. The molecule has 1 N–H and O–H groups in total. The number of hydrogen-bond acceptors (Lipinski definition) is 6. The average molecular weight is 285 g/mol. The maximum Gasteiger partial charge on any atom is 0.319 e. The lowest BCUT2D eigenvalue weighted by molar-refractivity contribution is -0.142. The summed E-state index contributed by atoms with van der Waals surface area (Å²) in [5.74, 6) is -1.57. The van der Waals surface area contributed by atoms with Gasteiger partial charge in [-0.1, -0.05) is 0 Å². The second-order valence-corrected chi connectivity index (χ2v) is 4.64. The van der Waals surface area contributed by atoms with E-state index in [-0.39, 0.29) is 25.5 Å². The number of carbonyl (C=O) groups is 4. The molecule has 0 saturated carbocycles. The summed E-state index contributed by atoms with van der Waals surface area (Å²) in [6, 6.07) is 0. The average Bonchev–Trinajstić information content (AvgIpc) is 2.74. The molecule has 1 saturated heterocycles. The topological polar surface area (TPSA) is 96.0 Å². The van der Waals surface area contributed by atoms with Gasteiger partial charge in [0.2, 0.25) is 17.7 Å². The summed E-state index contributed by atoms with van der Waals surface area (Å²) in [4.78, 5) is 48.3. The smallest absolute Gasteiger partial charge is 0.319 e. The summed E-state index contributed by atoms with van der Waals surface area (Å²) in [5.41, 5.74) is 0. The Balaban J connectivity index is 2.29. The number of carbonyl (C=O) groups excluding carboxylic acids is 4. The first kappa shape index (κ1) is 16.1. The maximum absolute atomic E-state index is 11.6. The van der Waals surface area contributed by atoms with Crippen LogP contribution in [0.25, 0.3) is 0 Å². The second kappa shape index (κ2) is 7.59. The number of likely N-dealkylation sites (tertiary alicyclic amines) is 1. The maximum atomic E-state index is 11.6. The number of likely N-dealkylation sites (N-methyl/N-ethyl adjacent to an activating group) is 1. The predicted molar refractivity (Wildman–Crippen MR) is 68.5 cm³/mol. The van der Waals surface area contributed by atoms with Gasteiger partial charge in [-0.2, -0.15) is 0 Å². The molecule has 0 aromatic heterocycles. The zero-order chi connectivity index (χ0) is 15.1. The third kappa shape index (κ3) is 5.35. The number of amides is 3. The van der Waals surface area contributed by atoms with Gasteiger partial charge in [0, 0.05) is 13.0 Å². The quantitative estimate of drug-likeness (QED) is 0.588. The fourth-order valence-electron chi connectivity index (χ4n) is 1.87. The molecule has 8 nitrogen and oxygen atoms in total. The second-order valence-electron chi connectivity index (χ2n) is 4.64.